The molecule has 1 heterocycles. The van der Waals surface area contributed by atoms with Crippen molar-refractivity contribution in [2.24, 2.45) is 23.2 Å². The lowest BCUT2D eigenvalue weighted by atomic mass is 9.53. The number of hydrogen-bond donors (Lipinski definition) is 2. The Hall–Kier alpha value is -0.770. The largest absolute Gasteiger partial charge is 0.380 e. The van der Waals surface area contributed by atoms with Crippen molar-refractivity contribution in [2.75, 3.05) is 19.8 Å². The van der Waals surface area contributed by atoms with Crippen LogP contribution >= 0.6 is 0 Å². The van der Waals surface area contributed by atoms with Crippen molar-refractivity contribution in [2.45, 2.75) is 51.0 Å². The van der Waals surface area contributed by atoms with Crippen molar-refractivity contribution < 1.29 is 9.53 Å². The highest BCUT2D eigenvalue weighted by molar-refractivity contribution is 5.75. The molecule has 0 aromatic carbocycles. The molecule has 5 rings (SSSR count). The van der Waals surface area contributed by atoms with E-state index in [4.69, 9.17) is 4.74 Å². The second-order valence-corrected chi connectivity index (χ2v) is 8.31. The van der Waals surface area contributed by atoms with E-state index in [0.717, 1.165) is 37.5 Å². The van der Waals surface area contributed by atoms with Crippen LogP contribution in [0.4, 0.5) is 4.79 Å². The first kappa shape index (κ1) is 12.9. The maximum atomic E-state index is 12.3. The van der Waals surface area contributed by atoms with Crippen molar-refractivity contribution in [3.63, 3.8) is 0 Å². The highest BCUT2D eigenvalue weighted by Crippen LogP contribution is 2.55. The van der Waals surface area contributed by atoms with Gasteiger partial charge in [0.15, 0.2) is 0 Å². The third kappa shape index (κ3) is 2.22. The second kappa shape index (κ2) is 4.36. The zero-order valence-corrected chi connectivity index (χ0v) is 12.4. The summed E-state index contributed by atoms with van der Waals surface area (Å²) in [6.45, 7) is 4.43. The number of carbonyl (C=O) groups is 1. The average Bonchev–Trinajstić information content (AvgIpc) is 2.31. The molecule has 0 atom stereocenters. The van der Waals surface area contributed by atoms with Crippen molar-refractivity contribution in [1.29, 1.82) is 0 Å². The van der Waals surface area contributed by atoms with Crippen LogP contribution in [0.15, 0.2) is 0 Å². The van der Waals surface area contributed by atoms with Crippen molar-refractivity contribution >= 4 is 6.03 Å². The molecule has 0 unspecified atom stereocenters. The molecule has 0 radical (unpaired) electrons. The Bertz CT molecular complexity index is 381. The first-order chi connectivity index (χ1) is 9.54. The standard InChI is InChI=1S/C16H26N2O2/c1-15(9-20-10-15)8-17-14(19)18-16-5-11-2-12(6-16)4-13(3-11)7-16/h11-13H,2-10H2,1H3,(H2,17,18,19). The van der Waals surface area contributed by atoms with Gasteiger partial charge in [0.1, 0.15) is 0 Å². The zero-order chi connectivity index (χ0) is 13.8. The smallest absolute Gasteiger partial charge is 0.315 e. The van der Waals surface area contributed by atoms with Gasteiger partial charge in [-0.2, -0.15) is 0 Å². The fraction of sp³-hybridized carbons (Fsp3) is 0.938. The number of ether oxygens (including phenoxy) is 1. The van der Waals surface area contributed by atoms with Crippen LogP contribution in [0.25, 0.3) is 0 Å². The van der Waals surface area contributed by atoms with Crippen LogP contribution in [0, 0.1) is 23.2 Å². The molecule has 4 heteroatoms. The molecular weight excluding hydrogens is 252 g/mol. The fourth-order valence-electron chi connectivity index (χ4n) is 5.40. The lowest BCUT2D eigenvalue weighted by Gasteiger charge is -2.56. The van der Waals surface area contributed by atoms with Gasteiger partial charge < -0.3 is 15.4 Å². The van der Waals surface area contributed by atoms with Gasteiger partial charge in [0.25, 0.3) is 0 Å². The number of amides is 2. The van der Waals surface area contributed by atoms with Gasteiger partial charge in [0, 0.05) is 17.5 Å². The van der Waals surface area contributed by atoms with Crippen LogP contribution in [0.5, 0.6) is 0 Å². The van der Waals surface area contributed by atoms with E-state index in [2.05, 4.69) is 17.6 Å². The Morgan fingerprint density at radius 1 is 1.10 bits per heavy atom. The molecule has 0 aromatic rings. The van der Waals surface area contributed by atoms with Crippen LogP contribution in [-0.4, -0.2) is 31.3 Å². The Morgan fingerprint density at radius 3 is 2.10 bits per heavy atom. The molecule has 4 nitrogen and oxygen atoms in total. The minimum absolute atomic E-state index is 0.0417. The summed E-state index contributed by atoms with van der Waals surface area (Å²) in [5.74, 6) is 2.62. The van der Waals surface area contributed by atoms with E-state index in [1.807, 2.05) is 0 Å². The molecule has 20 heavy (non-hydrogen) atoms. The normalized spacial score (nSPS) is 44.0. The first-order valence-electron chi connectivity index (χ1n) is 8.18. The lowest BCUT2D eigenvalue weighted by Crippen LogP contribution is -2.62. The quantitative estimate of drug-likeness (QED) is 0.832. The summed E-state index contributed by atoms with van der Waals surface area (Å²) < 4.78 is 5.23. The molecule has 4 bridgehead atoms. The molecule has 4 aliphatic carbocycles. The molecule has 1 saturated heterocycles. The van der Waals surface area contributed by atoms with Gasteiger partial charge in [-0.05, 0) is 56.3 Å². The van der Waals surface area contributed by atoms with E-state index in [1.54, 1.807) is 0 Å². The molecule has 0 spiro atoms. The predicted octanol–water partition coefficient (Wildman–Crippen LogP) is 2.29. The van der Waals surface area contributed by atoms with Crippen LogP contribution in [-0.2, 0) is 4.74 Å². The molecule has 5 fully saturated rings. The van der Waals surface area contributed by atoms with Crippen LogP contribution in [0.2, 0.25) is 0 Å². The van der Waals surface area contributed by atoms with E-state index in [1.165, 1.54) is 38.5 Å². The predicted molar refractivity (Wildman–Crippen MR) is 76.4 cm³/mol. The van der Waals surface area contributed by atoms with Crippen LogP contribution in [0.1, 0.15) is 45.4 Å². The number of carbonyl (C=O) groups excluding carboxylic acids is 1. The molecule has 2 amide bonds. The molecular formula is C16H26N2O2. The summed E-state index contributed by atoms with van der Waals surface area (Å²) in [5, 5.41) is 6.42. The van der Waals surface area contributed by atoms with E-state index in [-0.39, 0.29) is 17.0 Å². The Morgan fingerprint density at radius 2 is 1.65 bits per heavy atom. The van der Waals surface area contributed by atoms with E-state index >= 15 is 0 Å². The molecule has 0 aromatic heterocycles. The minimum atomic E-state index is 0.0417. The molecule has 2 N–H and O–H groups in total. The summed E-state index contributed by atoms with van der Waals surface area (Å²) in [7, 11) is 0. The third-order valence-electron chi connectivity index (χ3n) is 5.99. The van der Waals surface area contributed by atoms with E-state index < -0.39 is 0 Å². The van der Waals surface area contributed by atoms with E-state index in [0.29, 0.717) is 0 Å². The topological polar surface area (TPSA) is 50.4 Å². The fourth-order valence-corrected chi connectivity index (χ4v) is 5.40. The van der Waals surface area contributed by atoms with Crippen LogP contribution in [0.3, 0.4) is 0 Å². The third-order valence-corrected chi connectivity index (χ3v) is 5.99. The van der Waals surface area contributed by atoms with Gasteiger partial charge in [-0.15, -0.1) is 0 Å². The lowest BCUT2D eigenvalue weighted by molar-refractivity contribution is -0.0977. The monoisotopic (exact) mass is 278 g/mol. The highest BCUT2D eigenvalue weighted by atomic mass is 16.5. The number of urea groups is 1. The average molecular weight is 278 g/mol. The van der Waals surface area contributed by atoms with Gasteiger partial charge in [-0.25, -0.2) is 4.79 Å². The van der Waals surface area contributed by atoms with Gasteiger partial charge in [-0.3, -0.25) is 0 Å². The molecule has 5 aliphatic rings. The van der Waals surface area contributed by atoms with Crippen molar-refractivity contribution in [1.82, 2.24) is 10.6 Å². The Labute approximate surface area is 121 Å². The summed E-state index contributed by atoms with van der Waals surface area (Å²) in [5.41, 5.74) is 0.272. The van der Waals surface area contributed by atoms with Crippen LogP contribution < -0.4 is 10.6 Å². The van der Waals surface area contributed by atoms with Gasteiger partial charge in [0.05, 0.1) is 13.2 Å². The zero-order valence-electron chi connectivity index (χ0n) is 12.4. The van der Waals surface area contributed by atoms with E-state index in [9.17, 15) is 4.79 Å². The minimum Gasteiger partial charge on any atom is -0.380 e. The Balaban J connectivity index is 1.35. The van der Waals surface area contributed by atoms with Crippen molar-refractivity contribution in [3.05, 3.63) is 0 Å². The number of nitrogens with one attached hydrogen (secondary N) is 2. The number of rotatable bonds is 3. The second-order valence-electron chi connectivity index (χ2n) is 8.31. The summed E-state index contributed by atoms with van der Waals surface area (Å²) >= 11 is 0. The molecule has 1 aliphatic heterocycles. The maximum absolute atomic E-state index is 12.3. The van der Waals surface area contributed by atoms with Gasteiger partial charge in [0.2, 0.25) is 0 Å². The summed E-state index contributed by atoms with van der Waals surface area (Å²) in [6.07, 6.45) is 7.89. The molecule has 112 valence electrons. The molecule has 4 saturated carbocycles. The summed E-state index contributed by atoms with van der Waals surface area (Å²) in [4.78, 5) is 12.3. The first-order valence-corrected chi connectivity index (χ1v) is 8.18. The van der Waals surface area contributed by atoms with Crippen molar-refractivity contribution in [3.8, 4) is 0 Å². The highest BCUT2D eigenvalue weighted by Gasteiger charge is 2.51. The van der Waals surface area contributed by atoms with Gasteiger partial charge >= 0.3 is 6.03 Å². The number of hydrogen-bond acceptors (Lipinski definition) is 2. The Kier molecular flexibility index (Phi) is 2.82. The maximum Gasteiger partial charge on any atom is 0.315 e. The summed E-state index contributed by atoms with van der Waals surface area (Å²) in [6, 6.07) is 0.0417. The SMILES string of the molecule is CC1(CNC(=O)NC23CC4CC(CC(C4)C2)C3)COC1. The van der Waals surface area contributed by atoms with Gasteiger partial charge in [-0.1, -0.05) is 6.92 Å².